The number of nitrogens with one attached hydrogen (secondary N) is 1. The minimum Gasteiger partial charge on any atom is -0.354 e. The number of hydrogen-bond acceptors (Lipinski definition) is 9. The number of carbonyl (C=O) groups is 1. The van der Waals surface area contributed by atoms with Gasteiger partial charge < -0.3 is 10.2 Å². The van der Waals surface area contributed by atoms with Crippen molar-refractivity contribution in [3.63, 3.8) is 0 Å². The normalized spacial score (nSPS) is 16.6. The fourth-order valence-electron chi connectivity index (χ4n) is 3.51. The van der Waals surface area contributed by atoms with Gasteiger partial charge >= 0.3 is 0 Å². The van der Waals surface area contributed by atoms with Crippen LogP contribution >= 0.6 is 23.1 Å². The third-order valence-corrected chi connectivity index (χ3v) is 6.74. The smallest absolute Gasteiger partial charge is 0.231 e. The van der Waals surface area contributed by atoms with Gasteiger partial charge in [0, 0.05) is 18.8 Å². The molecule has 1 fully saturated rings. The minimum absolute atomic E-state index is 0.0175. The monoisotopic (exact) mass is 444 g/mol. The van der Waals surface area contributed by atoms with E-state index in [-0.39, 0.29) is 11.8 Å². The lowest BCUT2D eigenvalue weighted by Gasteiger charge is -2.32. The van der Waals surface area contributed by atoms with Crippen LogP contribution < -0.4 is 10.2 Å². The molecule has 0 radical (unpaired) electrons. The van der Waals surface area contributed by atoms with Crippen LogP contribution in [0.5, 0.6) is 0 Å². The van der Waals surface area contributed by atoms with E-state index < -0.39 is 0 Å². The second kappa shape index (κ2) is 9.09. The first kappa shape index (κ1) is 20.7. The van der Waals surface area contributed by atoms with Gasteiger partial charge in [0.25, 0.3) is 0 Å². The van der Waals surface area contributed by atoms with Gasteiger partial charge in [-0.1, -0.05) is 30.0 Å². The number of thioether (sulfide) groups is 1. The Kier molecular flexibility index (Phi) is 6.28. The Hall–Kier alpha value is -2.53. The molecule has 0 aliphatic carbocycles. The molecule has 9 nitrogen and oxygen atoms in total. The largest absolute Gasteiger partial charge is 0.354 e. The summed E-state index contributed by atoms with van der Waals surface area (Å²) in [6, 6.07) is 5.86. The maximum atomic E-state index is 12.7. The molecule has 1 N–H and O–H groups in total. The Morgan fingerprint density at radius 3 is 2.73 bits per heavy atom. The summed E-state index contributed by atoms with van der Waals surface area (Å²) in [6.07, 6.45) is 1.76. The molecule has 0 aromatic carbocycles. The molecule has 30 heavy (non-hydrogen) atoms. The van der Waals surface area contributed by atoms with Crippen LogP contribution in [-0.2, 0) is 4.79 Å². The van der Waals surface area contributed by atoms with Gasteiger partial charge in [0.2, 0.25) is 11.0 Å². The number of piperidine rings is 1. The van der Waals surface area contributed by atoms with E-state index in [2.05, 4.69) is 42.6 Å². The highest BCUT2D eigenvalue weighted by Gasteiger charge is 2.27. The molecule has 0 bridgehead atoms. The van der Waals surface area contributed by atoms with Gasteiger partial charge in [-0.3, -0.25) is 4.79 Å². The summed E-state index contributed by atoms with van der Waals surface area (Å²) in [6.45, 7) is 7.47. The minimum atomic E-state index is -0.123. The van der Waals surface area contributed by atoms with Crippen LogP contribution in [-0.4, -0.2) is 54.9 Å². The van der Waals surface area contributed by atoms with E-state index in [4.69, 9.17) is 0 Å². The van der Waals surface area contributed by atoms with Crippen LogP contribution in [0.15, 0.2) is 22.5 Å². The number of anilines is 2. The van der Waals surface area contributed by atoms with Gasteiger partial charge in [-0.2, -0.15) is 5.10 Å². The van der Waals surface area contributed by atoms with Gasteiger partial charge in [-0.15, -0.1) is 20.4 Å². The molecule has 3 aromatic heterocycles. The second-order valence-corrected chi connectivity index (χ2v) is 9.66. The van der Waals surface area contributed by atoms with Crippen molar-refractivity contribution in [1.82, 2.24) is 30.2 Å². The molecule has 158 valence electrons. The summed E-state index contributed by atoms with van der Waals surface area (Å²) < 4.78 is 2.65. The highest BCUT2D eigenvalue weighted by molar-refractivity contribution is 8.01. The molecule has 0 unspecified atom stereocenters. The molecule has 0 saturated carbocycles. The fourth-order valence-corrected chi connectivity index (χ4v) is 5.16. The van der Waals surface area contributed by atoms with Gasteiger partial charge in [0.05, 0.1) is 11.6 Å². The highest BCUT2D eigenvalue weighted by atomic mass is 32.2. The summed E-state index contributed by atoms with van der Waals surface area (Å²) in [5.41, 5.74) is 1.96. The zero-order valence-corrected chi connectivity index (χ0v) is 18.8. The lowest BCUT2D eigenvalue weighted by Crippen LogP contribution is -2.41. The first-order chi connectivity index (χ1) is 14.5. The standard InChI is InChI=1S/C19H24N8OS2/c1-4-29-19-24-23-18(30-19)20-17(28)14-6-5-9-26(11-14)15-7-8-16(22-21-15)27-13(3)10-12(2)25-27/h7-8,10,14H,4-6,9,11H2,1-3H3,(H,20,23,28)/t14-/m1/s1. The van der Waals surface area contributed by atoms with Crippen molar-refractivity contribution in [2.75, 3.05) is 29.1 Å². The number of hydrogen-bond donors (Lipinski definition) is 1. The van der Waals surface area contributed by atoms with Crippen LogP contribution in [0.2, 0.25) is 0 Å². The van der Waals surface area contributed by atoms with Gasteiger partial charge in [0.1, 0.15) is 0 Å². The van der Waals surface area contributed by atoms with Crippen LogP contribution in [0, 0.1) is 19.8 Å². The average molecular weight is 445 g/mol. The summed E-state index contributed by atoms with van der Waals surface area (Å²) in [7, 11) is 0. The molecule has 1 aliphatic rings. The van der Waals surface area contributed by atoms with Crippen LogP contribution in [0.4, 0.5) is 10.9 Å². The van der Waals surface area contributed by atoms with Crippen molar-refractivity contribution in [3.8, 4) is 5.82 Å². The third kappa shape index (κ3) is 4.62. The SMILES string of the molecule is CCSc1nnc(NC(=O)[C@@H]2CCCN(c3ccc(-n4nc(C)cc4C)nn3)C2)s1. The van der Waals surface area contributed by atoms with E-state index >= 15 is 0 Å². The molecule has 1 atom stereocenters. The Morgan fingerprint density at radius 1 is 1.23 bits per heavy atom. The van der Waals surface area contributed by atoms with Crippen LogP contribution in [0.25, 0.3) is 5.82 Å². The van der Waals surface area contributed by atoms with E-state index in [1.54, 1.807) is 16.4 Å². The quantitative estimate of drug-likeness (QED) is 0.457. The molecule has 1 amide bonds. The Morgan fingerprint density at radius 2 is 2.03 bits per heavy atom. The fraction of sp³-hybridized carbons (Fsp3) is 0.474. The third-order valence-electron chi connectivity index (χ3n) is 4.88. The van der Waals surface area contributed by atoms with Crippen molar-refractivity contribution in [2.45, 2.75) is 38.0 Å². The lowest BCUT2D eigenvalue weighted by molar-refractivity contribution is -0.120. The molecule has 0 spiro atoms. The van der Waals surface area contributed by atoms with Crippen molar-refractivity contribution in [1.29, 1.82) is 0 Å². The first-order valence-electron chi connectivity index (χ1n) is 9.93. The number of nitrogens with zero attached hydrogens (tertiary/aromatic N) is 7. The van der Waals surface area contributed by atoms with Crippen molar-refractivity contribution in [2.24, 2.45) is 5.92 Å². The molecule has 4 rings (SSSR count). The van der Waals surface area contributed by atoms with Gasteiger partial charge in [0.15, 0.2) is 16.0 Å². The highest BCUT2D eigenvalue weighted by Crippen LogP contribution is 2.27. The molecule has 11 heteroatoms. The van der Waals surface area contributed by atoms with E-state index in [1.807, 2.05) is 32.0 Å². The maximum Gasteiger partial charge on any atom is 0.231 e. The lowest BCUT2D eigenvalue weighted by atomic mass is 9.97. The number of carbonyl (C=O) groups excluding carboxylic acids is 1. The summed E-state index contributed by atoms with van der Waals surface area (Å²) in [5, 5.41) is 24.8. The van der Waals surface area contributed by atoms with E-state index in [1.165, 1.54) is 11.3 Å². The topological polar surface area (TPSA) is 102 Å². The molecule has 3 aromatic rings. The summed E-state index contributed by atoms with van der Waals surface area (Å²) in [4.78, 5) is 14.9. The van der Waals surface area contributed by atoms with Gasteiger partial charge in [-0.25, -0.2) is 4.68 Å². The summed E-state index contributed by atoms with van der Waals surface area (Å²) >= 11 is 3.04. The predicted octanol–water partition coefficient (Wildman–Crippen LogP) is 3.10. The predicted molar refractivity (Wildman–Crippen MR) is 119 cm³/mol. The molecule has 1 saturated heterocycles. The second-order valence-electron chi connectivity index (χ2n) is 7.17. The molecular weight excluding hydrogens is 420 g/mol. The van der Waals surface area contributed by atoms with E-state index in [9.17, 15) is 4.79 Å². The zero-order valence-electron chi connectivity index (χ0n) is 17.2. The van der Waals surface area contributed by atoms with Crippen LogP contribution in [0.1, 0.15) is 31.2 Å². The van der Waals surface area contributed by atoms with E-state index in [0.717, 1.165) is 46.7 Å². The molecule has 1 aliphatic heterocycles. The zero-order chi connectivity index (χ0) is 21.1. The summed E-state index contributed by atoms with van der Waals surface area (Å²) in [5.74, 6) is 2.25. The van der Waals surface area contributed by atoms with Crippen molar-refractivity contribution >= 4 is 40.0 Å². The Labute approximate surface area is 183 Å². The number of rotatable bonds is 6. The number of aromatic nitrogens is 6. The van der Waals surface area contributed by atoms with Crippen LogP contribution in [0.3, 0.4) is 0 Å². The Bertz CT molecular complexity index is 1020. The number of aryl methyl sites for hydroxylation is 2. The number of amides is 1. The Balaban J connectivity index is 1.40. The van der Waals surface area contributed by atoms with Crippen molar-refractivity contribution < 1.29 is 4.79 Å². The van der Waals surface area contributed by atoms with E-state index in [0.29, 0.717) is 17.5 Å². The molecule has 4 heterocycles. The first-order valence-corrected chi connectivity index (χ1v) is 11.7. The van der Waals surface area contributed by atoms with Crippen molar-refractivity contribution in [3.05, 3.63) is 29.6 Å². The van der Waals surface area contributed by atoms with Gasteiger partial charge in [-0.05, 0) is 50.6 Å². The maximum absolute atomic E-state index is 12.7. The average Bonchev–Trinajstić information content (AvgIpc) is 3.33. The molecular formula is C19H24N8OS2.